The van der Waals surface area contributed by atoms with Gasteiger partial charge < -0.3 is 15.4 Å². The Hall–Kier alpha value is -0.400. The number of aliphatic imine (C=N–C) groups is 1. The molecule has 0 radical (unpaired) electrons. The number of hydrogen-bond donors (Lipinski definition) is 2. The van der Waals surface area contributed by atoms with Gasteiger partial charge in [0.2, 0.25) is 0 Å². The van der Waals surface area contributed by atoms with E-state index in [9.17, 15) is 0 Å². The molecule has 1 unspecified atom stereocenters. The molecule has 10 heteroatoms. The molecule has 6 nitrogen and oxygen atoms in total. The number of guanidine groups is 1. The number of nitrogens with one attached hydrogen (secondary N) is 2. The highest BCUT2D eigenvalue weighted by Gasteiger charge is 2.24. The number of morpholine rings is 1. The first kappa shape index (κ1) is 24.9. The van der Waals surface area contributed by atoms with Crippen molar-refractivity contribution in [1.82, 2.24) is 20.5 Å². The molecular formula is C19H30IN5OS3. The molecule has 0 amide bonds. The van der Waals surface area contributed by atoms with Gasteiger partial charge in [-0.05, 0) is 25.5 Å². The summed E-state index contributed by atoms with van der Waals surface area (Å²) < 4.78 is 6.68. The average Bonchev–Trinajstić information content (AvgIpc) is 3.39. The maximum absolute atomic E-state index is 5.54. The minimum absolute atomic E-state index is 0. The van der Waals surface area contributed by atoms with E-state index in [4.69, 9.17) is 4.74 Å². The molecule has 162 valence electrons. The number of thiophene rings is 1. The fourth-order valence-corrected chi connectivity index (χ4v) is 5.73. The molecule has 0 aromatic carbocycles. The van der Waals surface area contributed by atoms with Crippen molar-refractivity contribution in [3.8, 4) is 0 Å². The number of hydrogen-bond acceptors (Lipinski definition) is 7. The number of rotatable bonds is 9. The number of aromatic nitrogens is 1. The molecule has 0 saturated carbocycles. The van der Waals surface area contributed by atoms with E-state index in [1.165, 1.54) is 9.75 Å². The third-order valence-electron chi connectivity index (χ3n) is 4.51. The quantitative estimate of drug-likeness (QED) is 0.158. The van der Waals surface area contributed by atoms with Crippen LogP contribution in [-0.4, -0.2) is 68.0 Å². The Kier molecular flexibility index (Phi) is 11.8. The second-order valence-corrected chi connectivity index (χ2v) is 10.0. The van der Waals surface area contributed by atoms with Crippen molar-refractivity contribution >= 4 is 64.4 Å². The minimum atomic E-state index is 0. The van der Waals surface area contributed by atoms with Crippen LogP contribution in [0.2, 0.25) is 0 Å². The van der Waals surface area contributed by atoms with Crippen LogP contribution in [0, 0.1) is 6.92 Å². The lowest BCUT2D eigenvalue weighted by Gasteiger charge is -2.34. The normalized spacial score (nSPS) is 16.3. The van der Waals surface area contributed by atoms with Gasteiger partial charge >= 0.3 is 0 Å². The molecule has 3 rings (SSSR count). The smallest absolute Gasteiger partial charge is 0.191 e. The SMILES string of the molecule is CN=C(NCCCSc1nccs1)NCC(c1ccc(C)s1)N1CCOCC1.I. The van der Waals surface area contributed by atoms with E-state index in [-0.39, 0.29) is 24.0 Å². The predicted molar refractivity (Wildman–Crippen MR) is 136 cm³/mol. The van der Waals surface area contributed by atoms with Crippen molar-refractivity contribution < 1.29 is 4.74 Å². The maximum atomic E-state index is 5.54. The second kappa shape index (κ2) is 13.8. The molecule has 1 fully saturated rings. The van der Waals surface area contributed by atoms with E-state index in [0.717, 1.165) is 61.9 Å². The van der Waals surface area contributed by atoms with Crippen LogP contribution >= 0.6 is 58.4 Å². The molecule has 0 bridgehead atoms. The highest BCUT2D eigenvalue weighted by molar-refractivity contribution is 14.0. The van der Waals surface area contributed by atoms with Gasteiger partial charge in [-0.3, -0.25) is 9.89 Å². The van der Waals surface area contributed by atoms with E-state index in [2.05, 4.69) is 44.6 Å². The third-order valence-corrected chi connectivity index (χ3v) is 7.67. The number of thiazole rings is 1. The summed E-state index contributed by atoms with van der Waals surface area (Å²) in [6, 6.07) is 4.82. The predicted octanol–water partition coefficient (Wildman–Crippen LogP) is 3.85. The molecule has 0 aliphatic carbocycles. The maximum Gasteiger partial charge on any atom is 0.191 e. The second-order valence-electron chi connectivity index (χ2n) is 6.49. The Morgan fingerprint density at radius 2 is 2.17 bits per heavy atom. The fourth-order valence-electron chi connectivity index (χ4n) is 3.07. The summed E-state index contributed by atoms with van der Waals surface area (Å²) in [4.78, 5) is 14.0. The number of ether oxygens (including phenoxy) is 1. The number of aryl methyl sites for hydroxylation is 1. The lowest BCUT2D eigenvalue weighted by molar-refractivity contribution is 0.0177. The Bertz CT molecular complexity index is 719. The van der Waals surface area contributed by atoms with Gasteiger partial charge in [0.05, 0.1) is 19.3 Å². The van der Waals surface area contributed by atoms with Crippen molar-refractivity contribution in [1.29, 1.82) is 0 Å². The Morgan fingerprint density at radius 3 is 2.83 bits per heavy atom. The largest absolute Gasteiger partial charge is 0.379 e. The standard InChI is InChI=1S/C19H29N5OS3.HI/c1-15-4-5-17(28-15)16(24-8-10-25-11-9-24)14-23-18(20-2)21-6-3-12-26-19-22-7-13-27-19;/h4-5,7,13,16H,3,6,8-12,14H2,1-2H3,(H2,20,21,23);1H. The average molecular weight is 568 g/mol. The van der Waals surface area contributed by atoms with Gasteiger partial charge in [-0.1, -0.05) is 11.8 Å². The minimum Gasteiger partial charge on any atom is -0.379 e. The van der Waals surface area contributed by atoms with Crippen LogP contribution in [0.5, 0.6) is 0 Å². The van der Waals surface area contributed by atoms with E-state index in [0.29, 0.717) is 6.04 Å². The molecule has 0 spiro atoms. The summed E-state index contributed by atoms with van der Waals surface area (Å²) in [7, 11) is 1.83. The van der Waals surface area contributed by atoms with Crippen molar-refractivity contribution in [2.45, 2.75) is 23.7 Å². The summed E-state index contributed by atoms with van der Waals surface area (Å²) in [5.74, 6) is 1.92. The zero-order valence-electron chi connectivity index (χ0n) is 16.9. The summed E-state index contributed by atoms with van der Waals surface area (Å²) in [5.41, 5.74) is 0. The van der Waals surface area contributed by atoms with E-state index in [1.54, 1.807) is 11.3 Å². The van der Waals surface area contributed by atoms with Crippen LogP contribution < -0.4 is 10.6 Å². The molecule has 3 heterocycles. The van der Waals surface area contributed by atoms with Crippen LogP contribution in [0.3, 0.4) is 0 Å². The van der Waals surface area contributed by atoms with Gasteiger partial charge in [-0.15, -0.1) is 46.7 Å². The summed E-state index contributed by atoms with van der Waals surface area (Å²) in [6.45, 7) is 7.48. The highest BCUT2D eigenvalue weighted by Crippen LogP contribution is 2.27. The summed E-state index contributed by atoms with van der Waals surface area (Å²) in [6.07, 6.45) is 2.93. The van der Waals surface area contributed by atoms with Crippen LogP contribution in [0.15, 0.2) is 33.0 Å². The van der Waals surface area contributed by atoms with Gasteiger partial charge in [0.15, 0.2) is 5.96 Å². The lowest BCUT2D eigenvalue weighted by atomic mass is 10.2. The molecular weight excluding hydrogens is 537 g/mol. The van der Waals surface area contributed by atoms with Gasteiger partial charge in [-0.2, -0.15) is 0 Å². The molecule has 2 aromatic rings. The zero-order chi connectivity index (χ0) is 19.6. The molecule has 1 atom stereocenters. The molecule has 29 heavy (non-hydrogen) atoms. The Morgan fingerprint density at radius 1 is 1.34 bits per heavy atom. The van der Waals surface area contributed by atoms with Crippen LogP contribution in [0.1, 0.15) is 22.2 Å². The first-order chi connectivity index (χ1) is 13.8. The molecule has 2 N–H and O–H groups in total. The zero-order valence-corrected chi connectivity index (χ0v) is 21.7. The topological polar surface area (TPSA) is 61.8 Å². The van der Waals surface area contributed by atoms with E-state index in [1.807, 2.05) is 41.7 Å². The van der Waals surface area contributed by atoms with Crippen LogP contribution in [0.25, 0.3) is 0 Å². The Labute approximate surface area is 202 Å². The molecule has 2 aromatic heterocycles. The van der Waals surface area contributed by atoms with Gasteiger partial charge in [0.25, 0.3) is 0 Å². The summed E-state index contributed by atoms with van der Waals surface area (Å²) >= 11 is 5.39. The van der Waals surface area contributed by atoms with Crippen LogP contribution in [0.4, 0.5) is 0 Å². The molecule has 1 saturated heterocycles. The first-order valence-corrected chi connectivity index (χ1v) is 12.3. The lowest BCUT2D eigenvalue weighted by Crippen LogP contribution is -2.46. The fraction of sp³-hybridized carbons (Fsp3) is 0.579. The van der Waals surface area contributed by atoms with Crippen LogP contribution in [-0.2, 0) is 4.74 Å². The van der Waals surface area contributed by atoms with E-state index >= 15 is 0 Å². The van der Waals surface area contributed by atoms with Crippen molar-refractivity contribution in [3.63, 3.8) is 0 Å². The van der Waals surface area contributed by atoms with Gasteiger partial charge in [-0.25, -0.2) is 4.98 Å². The third kappa shape index (κ3) is 8.33. The van der Waals surface area contributed by atoms with Gasteiger partial charge in [0.1, 0.15) is 4.34 Å². The first-order valence-electron chi connectivity index (χ1n) is 9.61. The Balaban J connectivity index is 0.00000300. The number of nitrogens with zero attached hydrogens (tertiary/aromatic N) is 3. The van der Waals surface area contributed by atoms with Crippen molar-refractivity contribution in [2.75, 3.05) is 52.2 Å². The van der Waals surface area contributed by atoms with Crippen molar-refractivity contribution in [2.24, 2.45) is 4.99 Å². The van der Waals surface area contributed by atoms with Gasteiger partial charge in [0, 0.05) is 60.3 Å². The molecule has 1 aliphatic rings. The van der Waals surface area contributed by atoms with Crippen molar-refractivity contribution in [3.05, 3.63) is 33.5 Å². The molecule has 1 aliphatic heterocycles. The summed E-state index contributed by atoms with van der Waals surface area (Å²) in [5, 5.41) is 8.98. The van der Waals surface area contributed by atoms with E-state index < -0.39 is 0 Å². The monoisotopic (exact) mass is 567 g/mol. The number of thioether (sulfide) groups is 1. The highest BCUT2D eigenvalue weighted by atomic mass is 127. The number of halogens is 1.